The highest BCUT2D eigenvalue weighted by Gasteiger charge is 2.24. The van der Waals surface area contributed by atoms with E-state index in [9.17, 15) is 4.79 Å². The molecule has 1 saturated heterocycles. The molecule has 128 valence electrons. The lowest BCUT2D eigenvalue weighted by molar-refractivity contribution is -0.133. The number of amides is 1. The first-order valence-corrected chi connectivity index (χ1v) is 8.39. The fraction of sp³-hybridized carbons (Fsp3) is 0.529. The summed E-state index contributed by atoms with van der Waals surface area (Å²) in [5.74, 6) is 1.44. The lowest BCUT2D eigenvalue weighted by atomic mass is 9.98. The molecule has 1 aliphatic heterocycles. The van der Waals surface area contributed by atoms with Crippen LogP contribution in [0.25, 0.3) is 0 Å². The Hall–Kier alpha value is -2.44. The number of likely N-dealkylation sites (tertiary alicyclic amines) is 1. The van der Waals surface area contributed by atoms with Gasteiger partial charge >= 0.3 is 0 Å². The zero-order valence-corrected chi connectivity index (χ0v) is 14.0. The molecule has 0 aliphatic carbocycles. The van der Waals surface area contributed by atoms with Crippen LogP contribution in [0.5, 0.6) is 5.75 Å². The van der Waals surface area contributed by atoms with Crippen LogP contribution in [0.4, 0.5) is 0 Å². The Balaban J connectivity index is 1.45. The van der Waals surface area contributed by atoms with Crippen molar-refractivity contribution in [2.24, 2.45) is 5.92 Å². The third kappa shape index (κ3) is 4.53. The average Bonchev–Trinajstić information content (AvgIpc) is 3.13. The van der Waals surface area contributed by atoms with E-state index in [2.05, 4.69) is 22.4 Å². The van der Waals surface area contributed by atoms with E-state index in [1.165, 1.54) is 11.9 Å². The second-order valence-corrected chi connectivity index (χ2v) is 6.29. The normalized spacial score (nSPS) is 17.7. The van der Waals surface area contributed by atoms with Crippen LogP contribution in [0.1, 0.15) is 24.8 Å². The Morgan fingerprint density at radius 3 is 2.92 bits per heavy atom. The van der Waals surface area contributed by atoms with Crippen LogP contribution in [-0.2, 0) is 11.3 Å². The van der Waals surface area contributed by atoms with Crippen molar-refractivity contribution in [2.75, 3.05) is 19.7 Å². The predicted molar refractivity (Wildman–Crippen MR) is 88.4 cm³/mol. The number of benzene rings is 1. The number of aromatic nitrogens is 4. The highest BCUT2D eigenvalue weighted by Crippen LogP contribution is 2.20. The van der Waals surface area contributed by atoms with E-state index >= 15 is 0 Å². The van der Waals surface area contributed by atoms with Gasteiger partial charge in [0.2, 0.25) is 5.91 Å². The number of piperidine rings is 1. The summed E-state index contributed by atoms with van der Waals surface area (Å²) in [6.07, 6.45) is 4.08. The third-order valence-corrected chi connectivity index (χ3v) is 4.32. The first kappa shape index (κ1) is 16.4. The maximum atomic E-state index is 12.4. The molecule has 0 spiro atoms. The van der Waals surface area contributed by atoms with Crippen molar-refractivity contribution in [3.05, 3.63) is 36.2 Å². The van der Waals surface area contributed by atoms with Crippen LogP contribution in [0.3, 0.4) is 0 Å². The van der Waals surface area contributed by atoms with Gasteiger partial charge in [-0.1, -0.05) is 17.7 Å². The fourth-order valence-electron chi connectivity index (χ4n) is 2.93. The molecule has 1 unspecified atom stereocenters. The number of carbonyl (C=O) groups is 1. The van der Waals surface area contributed by atoms with E-state index < -0.39 is 0 Å². The predicted octanol–water partition coefficient (Wildman–Crippen LogP) is 1.69. The van der Waals surface area contributed by atoms with Gasteiger partial charge in [0.05, 0.1) is 13.2 Å². The maximum Gasteiger partial charge on any atom is 0.224 e. The molecule has 2 aromatic rings. The van der Waals surface area contributed by atoms with Gasteiger partial charge < -0.3 is 9.64 Å². The van der Waals surface area contributed by atoms with E-state index in [-0.39, 0.29) is 5.91 Å². The molecule has 1 atom stereocenters. The summed E-state index contributed by atoms with van der Waals surface area (Å²) < 4.78 is 7.46. The number of nitrogens with zero attached hydrogens (tertiary/aromatic N) is 5. The number of tetrazole rings is 1. The van der Waals surface area contributed by atoms with E-state index in [0.29, 0.717) is 25.5 Å². The molecule has 0 bridgehead atoms. The number of aryl methyl sites for hydroxylation is 2. The van der Waals surface area contributed by atoms with Gasteiger partial charge in [-0.2, -0.15) is 0 Å². The molecule has 7 nitrogen and oxygen atoms in total. The molecule has 1 amide bonds. The summed E-state index contributed by atoms with van der Waals surface area (Å²) in [6, 6.07) is 8.08. The van der Waals surface area contributed by atoms with E-state index in [4.69, 9.17) is 4.74 Å². The second-order valence-electron chi connectivity index (χ2n) is 6.29. The Bertz CT molecular complexity index is 642. The molecular weight excluding hydrogens is 306 g/mol. The minimum Gasteiger partial charge on any atom is -0.493 e. The molecule has 0 radical (unpaired) electrons. The zero-order valence-electron chi connectivity index (χ0n) is 14.0. The van der Waals surface area contributed by atoms with Crippen LogP contribution in [-0.4, -0.2) is 50.7 Å². The number of carbonyl (C=O) groups excluding carboxylic acids is 1. The summed E-state index contributed by atoms with van der Waals surface area (Å²) in [5.41, 5.74) is 1.22. The minimum absolute atomic E-state index is 0.158. The van der Waals surface area contributed by atoms with E-state index in [1.54, 1.807) is 4.68 Å². The molecule has 1 aromatic carbocycles. The summed E-state index contributed by atoms with van der Waals surface area (Å²) in [6.45, 7) is 4.83. The van der Waals surface area contributed by atoms with Gasteiger partial charge in [-0.05, 0) is 42.3 Å². The van der Waals surface area contributed by atoms with Crippen molar-refractivity contribution in [3.63, 3.8) is 0 Å². The Morgan fingerprint density at radius 2 is 2.17 bits per heavy atom. The second kappa shape index (κ2) is 7.90. The van der Waals surface area contributed by atoms with Gasteiger partial charge in [0.1, 0.15) is 12.1 Å². The summed E-state index contributed by atoms with van der Waals surface area (Å²) in [4.78, 5) is 14.3. The molecule has 7 heteroatoms. The standard InChI is InChI=1S/C17H23N5O2/c1-14-4-6-16(7-5-14)24-12-15-3-2-9-21(11-15)17(23)8-10-22-13-18-19-20-22/h4-7,13,15H,2-3,8-12H2,1H3. The van der Waals surface area contributed by atoms with Gasteiger partial charge in [-0.25, -0.2) is 4.68 Å². The van der Waals surface area contributed by atoms with Crippen LogP contribution in [0, 0.1) is 12.8 Å². The first-order chi connectivity index (χ1) is 11.7. The van der Waals surface area contributed by atoms with Crippen LogP contribution >= 0.6 is 0 Å². The lowest BCUT2D eigenvalue weighted by Crippen LogP contribution is -2.41. The van der Waals surface area contributed by atoms with Gasteiger partial charge in [-0.3, -0.25) is 4.79 Å². The Kier molecular flexibility index (Phi) is 5.40. The SMILES string of the molecule is Cc1ccc(OCC2CCCN(C(=O)CCn3cnnn3)C2)cc1. The summed E-state index contributed by atoms with van der Waals surface area (Å²) in [7, 11) is 0. The van der Waals surface area contributed by atoms with E-state index in [1.807, 2.05) is 29.2 Å². The van der Waals surface area contributed by atoms with Crippen molar-refractivity contribution in [3.8, 4) is 5.75 Å². The van der Waals surface area contributed by atoms with Crippen molar-refractivity contribution >= 4 is 5.91 Å². The molecule has 0 saturated carbocycles. The van der Waals surface area contributed by atoms with Crippen LogP contribution < -0.4 is 4.74 Å². The van der Waals surface area contributed by atoms with Gasteiger partial charge in [0, 0.05) is 25.4 Å². The maximum absolute atomic E-state index is 12.4. The fourth-order valence-corrected chi connectivity index (χ4v) is 2.93. The molecule has 3 rings (SSSR count). The van der Waals surface area contributed by atoms with Gasteiger partial charge in [-0.15, -0.1) is 5.10 Å². The molecule has 0 N–H and O–H groups in total. The first-order valence-electron chi connectivity index (χ1n) is 8.39. The van der Waals surface area contributed by atoms with Crippen molar-refractivity contribution in [1.29, 1.82) is 0 Å². The van der Waals surface area contributed by atoms with Crippen LogP contribution in [0.2, 0.25) is 0 Å². The van der Waals surface area contributed by atoms with Crippen LogP contribution in [0.15, 0.2) is 30.6 Å². The monoisotopic (exact) mass is 329 g/mol. The average molecular weight is 329 g/mol. The Morgan fingerprint density at radius 1 is 1.33 bits per heavy atom. The smallest absolute Gasteiger partial charge is 0.224 e. The highest BCUT2D eigenvalue weighted by atomic mass is 16.5. The lowest BCUT2D eigenvalue weighted by Gasteiger charge is -2.32. The summed E-state index contributed by atoms with van der Waals surface area (Å²) >= 11 is 0. The number of rotatable bonds is 6. The minimum atomic E-state index is 0.158. The molecule has 24 heavy (non-hydrogen) atoms. The molecule has 1 fully saturated rings. The molecule has 1 aliphatic rings. The molecule has 2 heterocycles. The van der Waals surface area contributed by atoms with Crippen molar-refractivity contribution < 1.29 is 9.53 Å². The van der Waals surface area contributed by atoms with Crippen molar-refractivity contribution in [2.45, 2.75) is 32.7 Å². The van der Waals surface area contributed by atoms with E-state index in [0.717, 1.165) is 31.7 Å². The summed E-state index contributed by atoms with van der Waals surface area (Å²) in [5, 5.41) is 10.9. The quantitative estimate of drug-likeness (QED) is 0.806. The molecule has 1 aromatic heterocycles. The number of hydrogen-bond acceptors (Lipinski definition) is 5. The van der Waals surface area contributed by atoms with Gasteiger partial charge in [0.15, 0.2) is 0 Å². The number of hydrogen-bond donors (Lipinski definition) is 0. The third-order valence-electron chi connectivity index (χ3n) is 4.32. The zero-order chi connectivity index (χ0) is 16.8. The number of ether oxygens (including phenoxy) is 1. The molecular formula is C17H23N5O2. The highest BCUT2D eigenvalue weighted by molar-refractivity contribution is 5.76. The topological polar surface area (TPSA) is 73.1 Å². The Labute approximate surface area is 141 Å². The van der Waals surface area contributed by atoms with Gasteiger partial charge in [0.25, 0.3) is 0 Å². The van der Waals surface area contributed by atoms with Crippen molar-refractivity contribution in [1.82, 2.24) is 25.1 Å². The largest absolute Gasteiger partial charge is 0.493 e.